The molecule has 5 nitrogen and oxygen atoms in total. The normalized spacial score (nSPS) is 10.8. The molecular weight excluding hydrogens is 196 g/mol. The van der Waals surface area contributed by atoms with E-state index >= 15 is 0 Å². The van der Waals surface area contributed by atoms with Gasteiger partial charge in [-0.25, -0.2) is 4.79 Å². The first-order valence-electron chi connectivity index (χ1n) is 4.63. The number of hydrogen-bond donors (Lipinski definition) is 1. The van der Waals surface area contributed by atoms with Crippen LogP contribution in [0.2, 0.25) is 0 Å². The molecule has 1 heterocycles. The molecule has 0 saturated heterocycles. The fraction of sp³-hybridized carbons (Fsp3) is 0.300. The fourth-order valence-electron chi connectivity index (χ4n) is 1.51. The van der Waals surface area contributed by atoms with E-state index in [-0.39, 0.29) is 5.76 Å². The summed E-state index contributed by atoms with van der Waals surface area (Å²) in [6.45, 7) is 0.838. The third-order valence-electron chi connectivity index (χ3n) is 2.23. The van der Waals surface area contributed by atoms with E-state index in [2.05, 4.69) is 0 Å². The maximum Gasteiger partial charge on any atom is 0.419 e. The molecule has 0 unspecified atom stereocenters. The first kappa shape index (κ1) is 9.79. The Kier molecular flexibility index (Phi) is 2.47. The Labute approximate surface area is 86.0 Å². The fourth-order valence-corrected chi connectivity index (χ4v) is 1.51. The van der Waals surface area contributed by atoms with Crippen LogP contribution in [-0.4, -0.2) is 18.2 Å². The van der Waals surface area contributed by atoms with Gasteiger partial charge in [0.15, 0.2) is 5.58 Å². The van der Waals surface area contributed by atoms with Crippen LogP contribution in [0.25, 0.3) is 11.1 Å². The highest BCUT2D eigenvalue weighted by atomic mass is 16.5. The van der Waals surface area contributed by atoms with Gasteiger partial charge in [0.1, 0.15) is 5.75 Å². The van der Waals surface area contributed by atoms with Crippen molar-refractivity contribution in [3.63, 3.8) is 0 Å². The van der Waals surface area contributed by atoms with Gasteiger partial charge in [-0.1, -0.05) is 0 Å². The van der Waals surface area contributed by atoms with Crippen LogP contribution in [-0.2, 0) is 6.54 Å². The van der Waals surface area contributed by atoms with Crippen molar-refractivity contribution in [3.05, 3.63) is 28.7 Å². The summed E-state index contributed by atoms with van der Waals surface area (Å²) in [7, 11) is 1.58. The second-order valence-corrected chi connectivity index (χ2v) is 3.14. The number of fused-ring (bicyclic) bond motifs is 1. The lowest BCUT2D eigenvalue weighted by Crippen LogP contribution is -2.19. The van der Waals surface area contributed by atoms with E-state index in [1.807, 2.05) is 0 Å². The molecule has 0 radical (unpaired) electrons. The number of nitrogens with zero attached hydrogens (tertiary/aromatic N) is 1. The molecule has 0 atom stereocenters. The molecule has 15 heavy (non-hydrogen) atoms. The maximum absolute atomic E-state index is 11.4. The predicted octanol–water partition coefficient (Wildman–Crippen LogP) is 0.562. The van der Waals surface area contributed by atoms with Gasteiger partial charge in [-0.2, -0.15) is 0 Å². The molecule has 80 valence electrons. The molecule has 2 N–H and O–H groups in total. The summed E-state index contributed by atoms with van der Waals surface area (Å²) in [5, 5.41) is 0. The van der Waals surface area contributed by atoms with Crippen molar-refractivity contribution in [1.29, 1.82) is 0 Å². The molecule has 0 spiro atoms. The summed E-state index contributed by atoms with van der Waals surface area (Å²) in [6.07, 6.45) is 0. The van der Waals surface area contributed by atoms with Crippen molar-refractivity contribution in [2.24, 2.45) is 5.73 Å². The maximum atomic E-state index is 11.4. The molecule has 0 aliphatic rings. The molecule has 1 aromatic heterocycles. The molecule has 0 aliphatic carbocycles. The van der Waals surface area contributed by atoms with E-state index in [4.69, 9.17) is 14.9 Å². The molecule has 2 aromatic rings. The molecule has 5 heteroatoms. The van der Waals surface area contributed by atoms with E-state index in [9.17, 15) is 4.79 Å². The molecule has 0 amide bonds. The highest BCUT2D eigenvalue weighted by Crippen LogP contribution is 2.19. The second-order valence-electron chi connectivity index (χ2n) is 3.14. The van der Waals surface area contributed by atoms with Gasteiger partial charge in [-0.3, -0.25) is 4.57 Å². The number of nitrogens with two attached hydrogens (primary N) is 1. The topological polar surface area (TPSA) is 70.4 Å². The Balaban J connectivity index is 2.66. The van der Waals surface area contributed by atoms with Crippen molar-refractivity contribution in [1.82, 2.24) is 4.57 Å². The van der Waals surface area contributed by atoms with Gasteiger partial charge in [0.05, 0.1) is 12.6 Å². The third-order valence-corrected chi connectivity index (χ3v) is 2.23. The van der Waals surface area contributed by atoms with Crippen LogP contribution in [0.4, 0.5) is 0 Å². The van der Waals surface area contributed by atoms with E-state index in [0.717, 1.165) is 0 Å². The molecule has 0 saturated carbocycles. The zero-order valence-electron chi connectivity index (χ0n) is 8.40. The lowest BCUT2D eigenvalue weighted by atomic mass is 10.3. The van der Waals surface area contributed by atoms with Crippen LogP contribution in [0.15, 0.2) is 27.4 Å². The quantitative estimate of drug-likeness (QED) is 0.800. The van der Waals surface area contributed by atoms with E-state index in [1.54, 1.807) is 25.3 Å². The minimum Gasteiger partial charge on any atom is -0.497 e. The first-order chi connectivity index (χ1) is 7.26. The first-order valence-corrected chi connectivity index (χ1v) is 4.63. The van der Waals surface area contributed by atoms with Crippen LogP contribution in [0, 0.1) is 0 Å². The van der Waals surface area contributed by atoms with Gasteiger partial charge in [-0.05, 0) is 12.1 Å². The largest absolute Gasteiger partial charge is 0.497 e. The number of rotatable bonds is 3. The lowest BCUT2D eigenvalue weighted by Gasteiger charge is -2.01. The summed E-state index contributed by atoms with van der Waals surface area (Å²) in [6, 6.07) is 5.22. The minimum atomic E-state index is -0.385. The number of methoxy groups -OCH3 is 1. The highest BCUT2D eigenvalue weighted by molar-refractivity contribution is 5.74. The van der Waals surface area contributed by atoms with Gasteiger partial charge in [0.25, 0.3) is 0 Å². The Bertz CT molecular complexity index is 527. The van der Waals surface area contributed by atoms with Gasteiger partial charge in [0, 0.05) is 19.2 Å². The van der Waals surface area contributed by atoms with E-state index in [1.165, 1.54) is 4.57 Å². The summed E-state index contributed by atoms with van der Waals surface area (Å²) >= 11 is 0. The van der Waals surface area contributed by atoms with Crippen molar-refractivity contribution < 1.29 is 9.15 Å². The van der Waals surface area contributed by atoms with E-state index in [0.29, 0.717) is 29.9 Å². The highest BCUT2D eigenvalue weighted by Gasteiger charge is 2.08. The standard InChI is InChI=1S/C10H12N2O3/c1-14-7-2-3-9-8(6-7)12(5-4-11)10(13)15-9/h2-3,6H,4-5,11H2,1H3. The molecule has 2 rings (SSSR count). The smallest absolute Gasteiger partial charge is 0.419 e. The lowest BCUT2D eigenvalue weighted by molar-refractivity contribution is 0.415. The zero-order valence-corrected chi connectivity index (χ0v) is 8.40. The molecule has 0 bridgehead atoms. The van der Waals surface area contributed by atoms with Crippen LogP contribution < -0.4 is 16.2 Å². The van der Waals surface area contributed by atoms with Gasteiger partial charge in [-0.15, -0.1) is 0 Å². The van der Waals surface area contributed by atoms with Crippen LogP contribution in [0.3, 0.4) is 0 Å². The Morgan fingerprint density at radius 1 is 1.53 bits per heavy atom. The predicted molar refractivity (Wildman–Crippen MR) is 56.1 cm³/mol. The zero-order chi connectivity index (χ0) is 10.8. The summed E-state index contributed by atoms with van der Waals surface area (Å²) in [4.78, 5) is 11.4. The van der Waals surface area contributed by atoms with Gasteiger partial charge in [0.2, 0.25) is 0 Å². The summed E-state index contributed by atoms with van der Waals surface area (Å²) < 4.78 is 11.6. The third kappa shape index (κ3) is 1.61. The van der Waals surface area contributed by atoms with Gasteiger partial charge >= 0.3 is 5.76 Å². The number of oxazole rings is 1. The van der Waals surface area contributed by atoms with Gasteiger partial charge < -0.3 is 14.9 Å². The average molecular weight is 208 g/mol. The minimum absolute atomic E-state index is 0.385. The van der Waals surface area contributed by atoms with Crippen LogP contribution in [0.5, 0.6) is 5.75 Å². The van der Waals surface area contributed by atoms with Crippen molar-refractivity contribution in [2.45, 2.75) is 6.54 Å². The number of ether oxygens (including phenoxy) is 1. The van der Waals surface area contributed by atoms with Crippen molar-refractivity contribution in [2.75, 3.05) is 13.7 Å². The van der Waals surface area contributed by atoms with E-state index < -0.39 is 0 Å². The monoisotopic (exact) mass is 208 g/mol. The number of hydrogen-bond acceptors (Lipinski definition) is 4. The van der Waals surface area contributed by atoms with Crippen LogP contribution in [0.1, 0.15) is 0 Å². The van der Waals surface area contributed by atoms with Crippen molar-refractivity contribution in [3.8, 4) is 5.75 Å². The molecular formula is C10H12N2O3. The van der Waals surface area contributed by atoms with Crippen LogP contribution >= 0.6 is 0 Å². The Morgan fingerprint density at radius 2 is 2.33 bits per heavy atom. The molecule has 0 aliphatic heterocycles. The van der Waals surface area contributed by atoms with Crippen molar-refractivity contribution >= 4 is 11.1 Å². The average Bonchev–Trinajstić information content (AvgIpc) is 2.55. The number of benzene rings is 1. The molecule has 0 fully saturated rings. The SMILES string of the molecule is COc1ccc2oc(=O)n(CCN)c2c1. The summed E-state index contributed by atoms with van der Waals surface area (Å²) in [5.41, 5.74) is 6.68. The molecule has 1 aromatic carbocycles. The second kappa shape index (κ2) is 3.78. The summed E-state index contributed by atoms with van der Waals surface area (Å²) in [5.74, 6) is 0.303. The Morgan fingerprint density at radius 3 is 3.00 bits per heavy atom. The number of aromatic nitrogens is 1. The Hall–Kier alpha value is -1.75.